The van der Waals surface area contributed by atoms with E-state index in [2.05, 4.69) is 48.5 Å². The third-order valence-electron chi connectivity index (χ3n) is 6.45. The van der Waals surface area contributed by atoms with Crippen molar-refractivity contribution in [2.45, 2.75) is 51.7 Å². The van der Waals surface area contributed by atoms with E-state index < -0.39 is 0 Å². The first-order valence-electron chi connectivity index (χ1n) is 11.8. The van der Waals surface area contributed by atoms with Crippen LogP contribution in [0, 0.1) is 0 Å². The minimum Gasteiger partial charge on any atom is -0.490 e. The van der Waals surface area contributed by atoms with E-state index in [1.807, 2.05) is 13.0 Å². The maximum absolute atomic E-state index is 12.8. The van der Waals surface area contributed by atoms with Crippen LogP contribution in [0.3, 0.4) is 0 Å². The van der Waals surface area contributed by atoms with Gasteiger partial charge in [-0.1, -0.05) is 48.9 Å². The fourth-order valence-electron chi connectivity index (χ4n) is 4.88. The topological polar surface area (TPSA) is 61.5 Å². The van der Waals surface area contributed by atoms with Gasteiger partial charge in [0.05, 0.1) is 18.3 Å². The highest BCUT2D eigenvalue weighted by molar-refractivity contribution is 7.19. The van der Waals surface area contributed by atoms with E-state index in [0.717, 1.165) is 44.7 Å². The van der Waals surface area contributed by atoms with Crippen LogP contribution in [-0.4, -0.2) is 18.7 Å². The number of hydrogen-bond donors (Lipinski definition) is 1. The second kappa shape index (κ2) is 9.54. The van der Waals surface area contributed by atoms with Gasteiger partial charge in [-0.2, -0.15) is 0 Å². The van der Waals surface area contributed by atoms with Gasteiger partial charge in [0.1, 0.15) is 5.75 Å². The lowest BCUT2D eigenvalue weighted by atomic mass is 9.95. The molecule has 1 aromatic heterocycles. The molecule has 0 spiro atoms. The van der Waals surface area contributed by atoms with Gasteiger partial charge in [-0.15, -0.1) is 11.3 Å². The van der Waals surface area contributed by atoms with Crippen molar-refractivity contribution in [3.63, 3.8) is 0 Å². The third-order valence-corrected chi connectivity index (χ3v) is 7.63. The Kier molecular flexibility index (Phi) is 6.34. The molecule has 5 rings (SSSR count). The number of hydrogen-bond acceptors (Lipinski definition) is 5. The van der Waals surface area contributed by atoms with Crippen molar-refractivity contribution in [1.82, 2.24) is 0 Å². The molecule has 2 N–H and O–H groups in total. The molecule has 33 heavy (non-hydrogen) atoms. The lowest BCUT2D eigenvalue weighted by molar-refractivity contribution is 0.0528. The molecule has 0 radical (unpaired) electrons. The largest absolute Gasteiger partial charge is 0.490 e. The molecule has 1 aliphatic rings. The molecule has 4 nitrogen and oxygen atoms in total. The van der Waals surface area contributed by atoms with Crippen LogP contribution >= 0.6 is 11.3 Å². The van der Waals surface area contributed by atoms with E-state index in [9.17, 15) is 4.79 Å². The van der Waals surface area contributed by atoms with Crippen molar-refractivity contribution in [3.8, 4) is 16.9 Å². The number of thiophene rings is 1. The van der Waals surface area contributed by atoms with E-state index in [0.29, 0.717) is 18.7 Å². The predicted octanol–water partition coefficient (Wildman–Crippen LogP) is 7.07. The van der Waals surface area contributed by atoms with Gasteiger partial charge in [0.25, 0.3) is 0 Å². The van der Waals surface area contributed by atoms with Gasteiger partial charge in [-0.05, 0) is 61.1 Å². The summed E-state index contributed by atoms with van der Waals surface area (Å²) in [6.07, 6.45) is 5.99. The fraction of sp³-hybridized carbons (Fsp3) is 0.321. The molecule has 5 heteroatoms. The smallest absolute Gasteiger partial charge is 0.339 e. The SMILES string of the molecule is CCOC(=O)c1c(CN)sc2cc(-c3cccc4ccccc34)c(OC3CCCCC3)cc12. The summed E-state index contributed by atoms with van der Waals surface area (Å²) >= 11 is 1.57. The van der Waals surface area contributed by atoms with Gasteiger partial charge >= 0.3 is 5.97 Å². The molecule has 0 bridgehead atoms. The lowest BCUT2D eigenvalue weighted by Crippen LogP contribution is -2.20. The van der Waals surface area contributed by atoms with Crippen molar-refractivity contribution in [1.29, 1.82) is 0 Å². The van der Waals surface area contributed by atoms with Crippen molar-refractivity contribution in [3.05, 3.63) is 65.0 Å². The highest BCUT2D eigenvalue weighted by atomic mass is 32.1. The van der Waals surface area contributed by atoms with E-state index in [4.69, 9.17) is 15.2 Å². The van der Waals surface area contributed by atoms with E-state index in [1.54, 1.807) is 11.3 Å². The molecular weight excluding hydrogens is 430 g/mol. The zero-order chi connectivity index (χ0) is 22.8. The Balaban J connectivity index is 1.73. The molecule has 1 saturated carbocycles. The number of nitrogens with two attached hydrogens (primary N) is 1. The maximum atomic E-state index is 12.8. The van der Waals surface area contributed by atoms with Crippen LogP contribution < -0.4 is 10.5 Å². The number of benzene rings is 3. The summed E-state index contributed by atoms with van der Waals surface area (Å²) in [6, 6.07) is 19.0. The van der Waals surface area contributed by atoms with Crippen molar-refractivity contribution >= 4 is 38.2 Å². The van der Waals surface area contributed by atoms with Gasteiger partial charge in [0.15, 0.2) is 0 Å². The second-order valence-electron chi connectivity index (χ2n) is 8.57. The number of fused-ring (bicyclic) bond motifs is 2. The van der Waals surface area contributed by atoms with E-state index in [1.165, 1.54) is 30.0 Å². The average Bonchev–Trinajstić information content (AvgIpc) is 3.21. The summed E-state index contributed by atoms with van der Waals surface area (Å²) in [5.74, 6) is 0.517. The Bertz CT molecular complexity index is 1300. The first-order chi connectivity index (χ1) is 16.2. The van der Waals surface area contributed by atoms with Gasteiger partial charge in [0, 0.05) is 27.1 Å². The number of esters is 1. The number of ether oxygens (including phenoxy) is 2. The first-order valence-corrected chi connectivity index (χ1v) is 12.6. The number of carbonyl (C=O) groups excluding carboxylic acids is 1. The minimum absolute atomic E-state index is 0.198. The Labute approximate surface area is 198 Å². The zero-order valence-corrected chi connectivity index (χ0v) is 19.8. The van der Waals surface area contributed by atoms with Crippen molar-refractivity contribution < 1.29 is 14.3 Å². The fourth-order valence-corrected chi connectivity index (χ4v) is 5.97. The molecule has 0 aliphatic heterocycles. The molecule has 1 aliphatic carbocycles. The van der Waals surface area contributed by atoms with Gasteiger partial charge in [0.2, 0.25) is 0 Å². The summed E-state index contributed by atoms with van der Waals surface area (Å²) in [5, 5.41) is 3.25. The minimum atomic E-state index is -0.314. The summed E-state index contributed by atoms with van der Waals surface area (Å²) in [7, 11) is 0. The summed E-state index contributed by atoms with van der Waals surface area (Å²) in [4.78, 5) is 13.7. The van der Waals surface area contributed by atoms with Crippen LogP contribution in [0.4, 0.5) is 0 Å². The van der Waals surface area contributed by atoms with Crippen LogP contribution in [0.15, 0.2) is 54.6 Å². The monoisotopic (exact) mass is 459 g/mol. The first kappa shape index (κ1) is 21.9. The third kappa shape index (κ3) is 4.23. The maximum Gasteiger partial charge on any atom is 0.339 e. The van der Waals surface area contributed by atoms with Crippen molar-refractivity contribution in [2.24, 2.45) is 5.73 Å². The summed E-state index contributed by atoms with van der Waals surface area (Å²) in [5.41, 5.74) is 8.81. The van der Waals surface area contributed by atoms with Crippen LogP contribution in [0.2, 0.25) is 0 Å². The average molecular weight is 460 g/mol. The normalized spacial score (nSPS) is 14.6. The Morgan fingerprint density at radius 1 is 1.00 bits per heavy atom. The Morgan fingerprint density at radius 2 is 1.79 bits per heavy atom. The molecule has 4 aromatic rings. The van der Waals surface area contributed by atoms with Crippen molar-refractivity contribution in [2.75, 3.05) is 6.61 Å². The quantitative estimate of drug-likeness (QED) is 0.313. The van der Waals surface area contributed by atoms with Crippen LogP contribution in [0.1, 0.15) is 54.3 Å². The van der Waals surface area contributed by atoms with Gasteiger partial charge < -0.3 is 15.2 Å². The molecule has 0 unspecified atom stereocenters. The molecule has 0 saturated heterocycles. The molecule has 170 valence electrons. The van der Waals surface area contributed by atoms with E-state index in [-0.39, 0.29) is 12.1 Å². The molecule has 3 aromatic carbocycles. The summed E-state index contributed by atoms with van der Waals surface area (Å²) in [6.45, 7) is 2.46. The standard InChI is InChI=1S/C28H29NO3S/c1-2-31-28(30)27-23-15-24(32-19-11-4-3-5-12-19)22(16-25(23)33-26(27)17-29)21-14-8-10-18-9-6-7-13-20(18)21/h6-10,13-16,19H,2-5,11-12,17,29H2,1H3. The van der Waals surface area contributed by atoms with Gasteiger partial charge in [-0.3, -0.25) is 0 Å². The zero-order valence-electron chi connectivity index (χ0n) is 18.9. The van der Waals surface area contributed by atoms with Crippen LogP contribution in [-0.2, 0) is 11.3 Å². The Hall–Kier alpha value is -2.89. The lowest BCUT2D eigenvalue weighted by Gasteiger charge is -2.25. The van der Waals surface area contributed by atoms with Crippen LogP contribution in [0.25, 0.3) is 32.0 Å². The highest BCUT2D eigenvalue weighted by Crippen LogP contribution is 2.43. The van der Waals surface area contributed by atoms with Crippen LogP contribution in [0.5, 0.6) is 5.75 Å². The molecule has 0 amide bonds. The predicted molar refractivity (Wildman–Crippen MR) is 136 cm³/mol. The highest BCUT2D eigenvalue weighted by Gasteiger charge is 2.24. The Morgan fingerprint density at radius 3 is 2.58 bits per heavy atom. The summed E-state index contributed by atoms with van der Waals surface area (Å²) < 4.78 is 13.1. The van der Waals surface area contributed by atoms with E-state index >= 15 is 0 Å². The molecular formula is C28H29NO3S. The molecule has 1 heterocycles. The number of carbonyl (C=O) groups is 1. The molecule has 0 atom stereocenters. The second-order valence-corrected chi connectivity index (χ2v) is 9.71. The molecule has 1 fully saturated rings. The van der Waals surface area contributed by atoms with Gasteiger partial charge in [-0.25, -0.2) is 4.79 Å². The number of rotatable bonds is 6.